The highest BCUT2D eigenvalue weighted by molar-refractivity contribution is 7.99. The molecule has 0 saturated heterocycles. The third-order valence-corrected chi connectivity index (χ3v) is 7.40. The minimum Gasteiger partial charge on any atom is -0.497 e. The number of hydrazine groups is 1. The van der Waals surface area contributed by atoms with Crippen LogP contribution in [0.25, 0.3) is 11.1 Å². The molecule has 0 aliphatic rings. The van der Waals surface area contributed by atoms with Crippen molar-refractivity contribution in [1.29, 1.82) is 0 Å². The number of amides is 4. The number of carbonyl (C=O) groups is 4. The second-order valence-electron chi connectivity index (χ2n) is 8.81. The SMILES string of the molecule is COc1ccc(C(=O)Nc2ccccc2C(=O)NC(CCSC)C(=O)NNC(=O)CSc2nc3ccccc3o2)cc1. The van der Waals surface area contributed by atoms with E-state index in [9.17, 15) is 19.2 Å². The van der Waals surface area contributed by atoms with Crippen LogP contribution in [-0.4, -0.2) is 59.5 Å². The molecule has 4 aromatic rings. The Balaban J connectivity index is 1.34. The molecule has 42 heavy (non-hydrogen) atoms. The molecule has 1 unspecified atom stereocenters. The van der Waals surface area contributed by atoms with Gasteiger partial charge in [0, 0.05) is 5.56 Å². The van der Waals surface area contributed by atoms with Crippen LogP contribution in [0.1, 0.15) is 27.1 Å². The number of carbonyl (C=O) groups excluding carboxylic acids is 4. The van der Waals surface area contributed by atoms with E-state index >= 15 is 0 Å². The van der Waals surface area contributed by atoms with E-state index in [0.29, 0.717) is 39.8 Å². The van der Waals surface area contributed by atoms with Gasteiger partial charge in [0.05, 0.1) is 24.1 Å². The topological polar surface area (TPSA) is 152 Å². The van der Waals surface area contributed by atoms with Gasteiger partial charge in [-0.1, -0.05) is 36.0 Å². The summed E-state index contributed by atoms with van der Waals surface area (Å²) in [7, 11) is 1.53. The number of aromatic nitrogens is 1. The van der Waals surface area contributed by atoms with Gasteiger partial charge >= 0.3 is 0 Å². The molecular weight excluding hydrogens is 578 g/mol. The smallest absolute Gasteiger partial charge is 0.260 e. The predicted octanol–water partition coefficient (Wildman–Crippen LogP) is 3.88. The molecule has 1 atom stereocenters. The summed E-state index contributed by atoms with van der Waals surface area (Å²) in [5.41, 5.74) is 6.89. The average Bonchev–Trinajstić information content (AvgIpc) is 3.44. The lowest BCUT2D eigenvalue weighted by atomic mass is 10.1. The molecule has 3 aromatic carbocycles. The number of benzene rings is 3. The summed E-state index contributed by atoms with van der Waals surface area (Å²) in [5.74, 6) is -0.882. The zero-order valence-electron chi connectivity index (χ0n) is 22.8. The fraction of sp³-hybridized carbons (Fsp3) is 0.207. The van der Waals surface area contributed by atoms with Crippen molar-refractivity contribution in [3.05, 3.63) is 83.9 Å². The number of nitrogens with zero attached hydrogens (tertiary/aromatic N) is 1. The Morgan fingerprint density at radius 1 is 0.929 bits per heavy atom. The highest BCUT2D eigenvalue weighted by atomic mass is 32.2. The quantitative estimate of drug-likeness (QED) is 0.139. The van der Waals surface area contributed by atoms with Crippen LogP contribution in [0.2, 0.25) is 0 Å². The molecule has 218 valence electrons. The van der Waals surface area contributed by atoms with Gasteiger partial charge in [-0.25, -0.2) is 4.98 Å². The highest BCUT2D eigenvalue weighted by Crippen LogP contribution is 2.23. The summed E-state index contributed by atoms with van der Waals surface area (Å²) in [4.78, 5) is 55.6. The molecule has 11 nitrogen and oxygen atoms in total. The Bertz CT molecular complexity index is 1530. The first-order valence-electron chi connectivity index (χ1n) is 12.8. The first-order chi connectivity index (χ1) is 20.4. The summed E-state index contributed by atoms with van der Waals surface area (Å²) in [5, 5.41) is 5.80. The van der Waals surface area contributed by atoms with Crippen molar-refractivity contribution in [3.63, 3.8) is 0 Å². The van der Waals surface area contributed by atoms with E-state index in [2.05, 4.69) is 26.5 Å². The van der Waals surface area contributed by atoms with Gasteiger partial charge in [0.2, 0.25) is 5.91 Å². The van der Waals surface area contributed by atoms with E-state index in [0.717, 1.165) is 11.8 Å². The van der Waals surface area contributed by atoms with Crippen LogP contribution < -0.4 is 26.2 Å². The van der Waals surface area contributed by atoms with Crippen LogP contribution in [0.3, 0.4) is 0 Å². The van der Waals surface area contributed by atoms with E-state index in [1.54, 1.807) is 60.7 Å². The third-order valence-electron chi connectivity index (χ3n) is 5.93. The van der Waals surface area contributed by atoms with Gasteiger partial charge in [-0.15, -0.1) is 0 Å². The maximum absolute atomic E-state index is 13.2. The average molecular weight is 608 g/mol. The Kier molecular flexibility index (Phi) is 10.8. The molecule has 4 amide bonds. The summed E-state index contributed by atoms with van der Waals surface area (Å²) in [6.07, 6.45) is 2.19. The van der Waals surface area contributed by atoms with Crippen molar-refractivity contribution in [1.82, 2.24) is 21.2 Å². The van der Waals surface area contributed by atoms with Crippen LogP contribution in [0.15, 0.2) is 82.4 Å². The molecule has 0 radical (unpaired) electrons. The molecule has 0 saturated carbocycles. The summed E-state index contributed by atoms with van der Waals surface area (Å²) >= 11 is 2.60. The Hall–Kier alpha value is -4.49. The second-order valence-corrected chi connectivity index (χ2v) is 10.7. The molecule has 1 heterocycles. The first-order valence-corrected chi connectivity index (χ1v) is 15.2. The van der Waals surface area contributed by atoms with Crippen LogP contribution in [-0.2, 0) is 9.59 Å². The molecule has 1 aromatic heterocycles. The highest BCUT2D eigenvalue weighted by Gasteiger charge is 2.23. The normalized spacial score (nSPS) is 11.4. The third kappa shape index (κ3) is 8.27. The molecule has 0 aliphatic heterocycles. The molecule has 0 fully saturated rings. The number of methoxy groups -OCH3 is 1. The monoisotopic (exact) mass is 607 g/mol. The van der Waals surface area contributed by atoms with Gasteiger partial charge in [0.25, 0.3) is 22.9 Å². The zero-order valence-corrected chi connectivity index (χ0v) is 24.5. The van der Waals surface area contributed by atoms with E-state index in [-0.39, 0.29) is 17.0 Å². The van der Waals surface area contributed by atoms with Crippen molar-refractivity contribution < 1.29 is 28.3 Å². The Labute approximate surface area is 250 Å². The number of anilines is 1. The largest absolute Gasteiger partial charge is 0.497 e. The van der Waals surface area contributed by atoms with Gasteiger partial charge in [-0.05, 0) is 67.0 Å². The van der Waals surface area contributed by atoms with Crippen LogP contribution in [0.4, 0.5) is 5.69 Å². The number of ether oxygens (including phenoxy) is 1. The molecule has 0 aliphatic carbocycles. The number of oxazole rings is 1. The summed E-state index contributed by atoms with van der Waals surface area (Å²) < 4.78 is 10.7. The maximum Gasteiger partial charge on any atom is 0.260 e. The van der Waals surface area contributed by atoms with Crippen LogP contribution in [0, 0.1) is 0 Å². The van der Waals surface area contributed by atoms with Gasteiger partial charge in [-0.3, -0.25) is 30.0 Å². The van der Waals surface area contributed by atoms with Gasteiger partial charge < -0.3 is 19.8 Å². The number of nitrogens with one attached hydrogen (secondary N) is 4. The lowest BCUT2D eigenvalue weighted by molar-refractivity contribution is -0.128. The van der Waals surface area contributed by atoms with Crippen LogP contribution >= 0.6 is 23.5 Å². The first kappa shape index (κ1) is 30.5. The minimum atomic E-state index is -0.944. The van der Waals surface area contributed by atoms with E-state index in [1.165, 1.54) is 18.9 Å². The number of thioether (sulfide) groups is 2. The molecule has 13 heteroatoms. The van der Waals surface area contributed by atoms with Gasteiger partial charge in [-0.2, -0.15) is 11.8 Å². The second kappa shape index (κ2) is 14.9. The molecule has 0 bridgehead atoms. The molecule has 4 N–H and O–H groups in total. The predicted molar refractivity (Wildman–Crippen MR) is 163 cm³/mol. The number of hydrogen-bond donors (Lipinski definition) is 4. The molecule has 4 rings (SSSR count). The summed E-state index contributed by atoms with van der Waals surface area (Å²) in [6, 6.07) is 19.3. The van der Waals surface area contributed by atoms with Crippen molar-refractivity contribution in [2.75, 3.05) is 30.2 Å². The van der Waals surface area contributed by atoms with E-state index in [4.69, 9.17) is 9.15 Å². The number of para-hydroxylation sites is 3. The Morgan fingerprint density at radius 3 is 2.40 bits per heavy atom. The summed E-state index contributed by atoms with van der Waals surface area (Å²) in [6.45, 7) is 0. The number of rotatable bonds is 12. The van der Waals surface area contributed by atoms with E-state index in [1.807, 2.05) is 18.4 Å². The van der Waals surface area contributed by atoms with Gasteiger partial charge in [0.1, 0.15) is 17.3 Å². The minimum absolute atomic E-state index is 0.0454. The lowest BCUT2D eigenvalue weighted by Gasteiger charge is -2.19. The maximum atomic E-state index is 13.2. The fourth-order valence-electron chi connectivity index (χ4n) is 3.76. The van der Waals surface area contributed by atoms with Crippen molar-refractivity contribution in [2.45, 2.75) is 17.7 Å². The number of fused-ring (bicyclic) bond motifs is 1. The zero-order chi connectivity index (χ0) is 29.9. The molecular formula is C29H29N5O6S2. The molecule has 0 spiro atoms. The van der Waals surface area contributed by atoms with E-state index < -0.39 is 29.7 Å². The van der Waals surface area contributed by atoms with Crippen molar-refractivity contribution in [2.24, 2.45) is 0 Å². The Morgan fingerprint density at radius 2 is 1.67 bits per heavy atom. The fourth-order valence-corrected chi connectivity index (χ4v) is 4.87. The standard InChI is InChI=1S/C29H29N5O6S2/c1-39-19-13-11-18(12-14-19)26(36)30-21-8-4-3-7-20(21)27(37)31-23(15-16-41-2)28(38)34-33-25(35)17-42-29-32-22-9-5-6-10-24(22)40-29/h3-14,23H,15-17H2,1-2H3,(H,30,36)(H,31,37)(H,33,35)(H,34,38). The van der Waals surface area contributed by atoms with Crippen LogP contribution in [0.5, 0.6) is 5.75 Å². The number of hydrogen-bond acceptors (Lipinski definition) is 9. The van der Waals surface area contributed by atoms with Crippen molar-refractivity contribution in [3.8, 4) is 5.75 Å². The van der Waals surface area contributed by atoms with Crippen molar-refractivity contribution >= 4 is 63.9 Å². The lowest BCUT2D eigenvalue weighted by Crippen LogP contribution is -2.53. The van der Waals surface area contributed by atoms with Gasteiger partial charge in [0.15, 0.2) is 5.58 Å².